The van der Waals surface area contributed by atoms with Gasteiger partial charge in [0.2, 0.25) is 11.6 Å². The Hall–Kier alpha value is -2.83. The summed E-state index contributed by atoms with van der Waals surface area (Å²) in [5.41, 5.74) is 2.16. The third-order valence-electron chi connectivity index (χ3n) is 4.67. The van der Waals surface area contributed by atoms with Gasteiger partial charge >= 0.3 is 0 Å². The van der Waals surface area contributed by atoms with Gasteiger partial charge in [0.25, 0.3) is 0 Å². The molecule has 0 amide bonds. The van der Waals surface area contributed by atoms with E-state index in [-0.39, 0.29) is 6.07 Å². The molecule has 2 aromatic rings. The van der Waals surface area contributed by atoms with Crippen molar-refractivity contribution in [3.63, 3.8) is 0 Å². The number of carbonyl (C=O) groups is 1. The molecule has 27 heavy (non-hydrogen) atoms. The summed E-state index contributed by atoms with van der Waals surface area (Å²) in [4.78, 5) is 14.1. The van der Waals surface area contributed by atoms with Gasteiger partial charge in [-0.1, -0.05) is 32.0 Å². The van der Waals surface area contributed by atoms with Gasteiger partial charge < -0.3 is 9.64 Å². The van der Waals surface area contributed by atoms with Gasteiger partial charge in [-0.25, -0.2) is 8.78 Å². The maximum Gasteiger partial charge on any atom is 0.203 e. The van der Waals surface area contributed by atoms with Gasteiger partial charge in [0, 0.05) is 36.0 Å². The van der Waals surface area contributed by atoms with E-state index < -0.39 is 46.8 Å². The number of hydrogen-bond donors (Lipinski definition) is 0. The van der Waals surface area contributed by atoms with Gasteiger partial charge in [-0.05, 0) is 11.6 Å². The van der Waals surface area contributed by atoms with E-state index in [1.807, 2.05) is 43.0 Å². The molecule has 0 N–H and O–H groups in total. The molecule has 7 heteroatoms. The summed E-state index contributed by atoms with van der Waals surface area (Å²) in [6.45, 7) is 3.12. The number of allylic oxidation sites excluding steroid dienone is 1. The molecule has 0 saturated carbocycles. The fraction of sp³-hybridized carbons (Fsp3) is 0.250. The highest BCUT2D eigenvalue weighted by atomic mass is 19.2. The maximum atomic E-state index is 13.6. The molecule has 142 valence electrons. The summed E-state index contributed by atoms with van der Waals surface area (Å²) in [5, 5.41) is 0. The summed E-state index contributed by atoms with van der Waals surface area (Å²) in [6, 6.07) is 7.72. The van der Waals surface area contributed by atoms with Crippen molar-refractivity contribution < 1.29 is 27.1 Å². The summed E-state index contributed by atoms with van der Waals surface area (Å²) < 4.78 is 58.4. The zero-order valence-corrected chi connectivity index (χ0v) is 14.9. The number of halogens is 4. The first-order chi connectivity index (χ1) is 12.6. The monoisotopic (exact) mass is 379 g/mol. The molecule has 0 unspecified atom stereocenters. The summed E-state index contributed by atoms with van der Waals surface area (Å²) >= 11 is 0. The van der Waals surface area contributed by atoms with Crippen molar-refractivity contribution in [1.82, 2.24) is 0 Å². The van der Waals surface area contributed by atoms with Crippen molar-refractivity contribution in [2.24, 2.45) is 0 Å². The van der Waals surface area contributed by atoms with Crippen LogP contribution >= 0.6 is 0 Å². The van der Waals surface area contributed by atoms with Crippen LogP contribution in [0.15, 0.2) is 42.1 Å². The average Bonchev–Trinajstić information content (AvgIpc) is 2.81. The Bertz CT molecular complexity index is 927. The van der Waals surface area contributed by atoms with Gasteiger partial charge in [0.1, 0.15) is 0 Å². The normalized spacial score (nSPS) is 16.6. The van der Waals surface area contributed by atoms with Crippen LogP contribution in [-0.4, -0.2) is 19.4 Å². The first kappa shape index (κ1) is 18.9. The smallest absolute Gasteiger partial charge is 0.203 e. The van der Waals surface area contributed by atoms with Gasteiger partial charge in [0.15, 0.2) is 29.8 Å². The number of ketones is 1. The molecule has 1 heterocycles. The minimum Gasteiger partial charge on any atom is -0.479 e. The van der Waals surface area contributed by atoms with Crippen LogP contribution < -0.4 is 9.64 Å². The summed E-state index contributed by atoms with van der Waals surface area (Å²) in [7, 11) is 1.80. The number of carbonyl (C=O) groups excluding carboxylic acids is 1. The number of anilines is 1. The molecule has 1 aliphatic rings. The first-order valence-corrected chi connectivity index (χ1v) is 8.18. The molecule has 0 atom stereocenters. The van der Waals surface area contributed by atoms with Crippen molar-refractivity contribution in [3.8, 4) is 5.75 Å². The zero-order chi connectivity index (χ0) is 19.9. The average molecular weight is 379 g/mol. The number of likely N-dealkylation sites (N-methyl/N-ethyl adjacent to an activating group) is 1. The van der Waals surface area contributed by atoms with Gasteiger partial charge in [-0.15, -0.1) is 0 Å². The number of ether oxygens (including phenoxy) is 1. The molecule has 0 fully saturated rings. The van der Waals surface area contributed by atoms with Crippen LogP contribution in [-0.2, 0) is 10.2 Å². The van der Waals surface area contributed by atoms with Crippen molar-refractivity contribution >= 4 is 11.5 Å². The predicted octanol–water partition coefficient (Wildman–Crippen LogP) is 4.50. The summed E-state index contributed by atoms with van der Waals surface area (Å²) in [5.74, 6) is -8.40. The maximum absolute atomic E-state index is 13.6. The third-order valence-corrected chi connectivity index (χ3v) is 4.67. The van der Waals surface area contributed by atoms with Crippen molar-refractivity contribution in [3.05, 3.63) is 70.9 Å². The van der Waals surface area contributed by atoms with Crippen molar-refractivity contribution in [1.29, 1.82) is 0 Å². The number of benzene rings is 2. The molecule has 0 radical (unpaired) electrons. The molecule has 0 saturated heterocycles. The van der Waals surface area contributed by atoms with Gasteiger partial charge in [0.05, 0.1) is 0 Å². The zero-order valence-electron chi connectivity index (χ0n) is 14.9. The third kappa shape index (κ3) is 3.18. The molecular weight excluding hydrogens is 362 g/mol. The first-order valence-electron chi connectivity index (χ1n) is 8.18. The Morgan fingerprint density at radius 1 is 1.11 bits per heavy atom. The van der Waals surface area contributed by atoms with E-state index >= 15 is 0 Å². The molecule has 0 aliphatic carbocycles. The topological polar surface area (TPSA) is 29.5 Å². The highest BCUT2D eigenvalue weighted by molar-refractivity contribution is 5.93. The van der Waals surface area contributed by atoms with E-state index in [0.717, 1.165) is 11.3 Å². The lowest BCUT2D eigenvalue weighted by Gasteiger charge is -2.24. The van der Waals surface area contributed by atoms with Crippen LogP contribution in [0, 0.1) is 23.3 Å². The number of fused-ring (bicyclic) bond motifs is 1. The van der Waals surface area contributed by atoms with Crippen LogP contribution in [0.3, 0.4) is 0 Å². The molecule has 0 aromatic heterocycles. The Balaban J connectivity index is 1.83. The molecule has 2 aromatic carbocycles. The molecule has 3 rings (SSSR count). The standard InChI is InChI=1S/C20H17F4NO2/c1-20(2)12-6-4-5-7-15(12)25(3)16(20)8-11(26)10-27-19-17(23)13(21)9-14(22)18(19)24/h4-9H,10H2,1-3H3. The van der Waals surface area contributed by atoms with Gasteiger partial charge in [-0.3, -0.25) is 4.79 Å². The minimum absolute atomic E-state index is 0.0779. The van der Waals surface area contributed by atoms with Crippen LogP contribution in [0.25, 0.3) is 0 Å². The van der Waals surface area contributed by atoms with E-state index in [9.17, 15) is 22.4 Å². The van der Waals surface area contributed by atoms with Crippen LogP contribution in [0.5, 0.6) is 5.75 Å². The van der Waals surface area contributed by atoms with E-state index in [1.165, 1.54) is 6.08 Å². The lowest BCUT2D eigenvalue weighted by Crippen LogP contribution is -2.25. The number of hydrogen-bond acceptors (Lipinski definition) is 3. The predicted molar refractivity (Wildman–Crippen MR) is 92.7 cm³/mol. The Kier molecular flexibility index (Phi) is 4.71. The van der Waals surface area contributed by atoms with E-state index in [0.29, 0.717) is 5.70 Å². The molecule has 0 spiro atoms. The molecular formula is C20H17F4NO2. The lowest BCUT2D eigenvalue weighted by molar-refractivity contribution is -0.116. The Labute approximate surface area is 153 Å². The van der Waals surface area contributed by atoms with Gasteiger partial charge in [-0.2, -0.15) is 8.78 Å². The molecule has 3 nitrogen and oxygen atoms in total. The Morgan fingerprint density at radius 3 is 2.30 bits per heavy atom. The SMILES string of the molecule is CN1C(=CC(=O)COc2c(F)c(F)cc(F)c2F)C(C)(C)c2ccccc21. The second kappa shape index (κ2) is 6.72. The number of nitrogens with zero attached hydrogens (tertiary/aromatic N) is 1. The number of rotatable bonds is 4. The fourth-order valence-corrected chi connectivity index (χ4v) is 3.27. The van der Waals surface area contributed by atoms with E-state index in [4.69, 9.17) is 4.74 Å². The van der Waals surface area contributed by atoms with Crippen LogP contribution in [0.2, 0.25) is 0 Å². The second-order valence-corrected chi connectivity index (χ2v) is 6.78. The second-order valence-electron chi connectivity index (χ2n) is 6.78. The van der Waals surface area contributed by atoms with E-state index in [1.54, 1.807) is 7.05 Å². The lowest BCUT2D eigenvalue weighted by atomic mass is 9.83. The summed E-state index contributed by atoms with van der Waals surface area (Å²) in [6.07, 6.45) is 1.31. The molecule has 1 aliphatic heterocycles. The van der Waals surface area contributed by atoms with Crippen molar-refractivity contribution in [2.75, 3.05) is 18.6 Å². The highest BCUT2D eigenvalue weighted by Crippen LogP contribution is 2.46. The largest absolute Gasteiger partial charge is 0.479 e. The fourth-order valence-electron chi connectivity index (χ4n) is 3.27. The highest BCUT2D eigenvalue weighted by Gasteiger charge is 2.38. The number of para-hydroxylation sites is 1. The van der Waals surface area contributed by atoms with Crippen molar-refractivity contribution in [2.45, 2.75) is 19.3 Å². The van der Waals surface area contributed by atoms with Crippen LogP contribution in [0.4, 0.5) is 23.2 Å². The minimum atomic E-state index is -1.68. The van der Waals surface area contributed by atoms with Crippen LogP contribution in [0.1, 0.15) is 19.4 Å². The quantitative estimate of drug-likeness (QED) is 0.445. The molecule has 0 bridgehead atoms. The van der Waals surface area contributed by atoms with E-state index in [2.05, 4.69) is 0 Å². The Morgan fingerprint density at radius 2 is 1.70 bits per heavy atom.